The van der Waals surface area contributed by atoms with Gasteiger partial charge in [0.15, 0.2) is 0 Å². The molecule has 5 atom stereocenters. The summed E-state index contributed by atoms with van der Waals surface area (Å²) in [6.07, 6.45) is -6.28. The Labute approximate surface area is 132 Å². The number of carbonyl (C=O) groups is 1. The van der Waals surface area contributed by atoms with Gasteiger partial charge in [-0.3, -0.25) is 4.79 Å². The van der Waals surface area contributed by atoms with Gasteiger partial charge in [-0.25, -0.2) is 0 Å². The van der Waals surface area contributed by atoms with Gasteiger partial charge < -0.3 is 35.0 Å². The van der Waals surface area contributed by atoms with Crippen molar-refractivity contribution in [3.8, 4) is 5.75 Å². The van der Waals surface area contributed by atoms with Crippen molar-refractivity contribution in [1.29, 1.82) is 0 Å². The summed E-state index contributed by atoms with van der Waals surface area (Å²) in [5.74, 6) is -0.542. The van der Waals surface area contributed by atoms with Crippen LogP contribution >= 0.6 is 0 Å². The first kappa shape index (κ1) is 17.6. The van der Waals surface area contributed by atoms with E-state index in [1.165, 1.54) is 0 Å². The molecule has 5 N–H and O–H groups in total. The molecule has 1 aromatic carbocycles. The molecular formula is C15H20O8. The molecule has 1 aliphatic heterocycles. The van der Waals surface area contributed by atoms with Crippen LogP contribution in [0, 0.1) is 0 Å². The predicted molar refractivity (Wildman–Crippen MR) is 76.8 cm³/mol. The summed E-state index contributed by atoms with van der Waals surface area (Å²) in [5, 5.41) is 47.0. The van der Waals surface area contributed by atoms with E-state index < -0.39 is 43.3 Å². The summed E-state index contributed by atoms with van der Waals surface area (Å²) >= 11 is 0. The van der Waals surface area contributed by atoms with Gasteiger partial charge in [-0.2, -0.15) is 0 Å². The zero-order valence-electron chi connectivity index (χ0n) is 12.3. The Morgan fingerprint density at radius 2 is 1.74 bits per heavy atom. The van der Waals surface area contributed by atoms with Crippen LogP contribution in [-0.4, -0.2) is 68.8 Å². The van der Waals surface area contributed by atoms with E-state index >= 15 is 0 Å². The van der Waals surface area contributed by atoms with Crippen LogP contribution in [-0.2, 0) is 16.0 Å². The van der Waals surface area contributed by atoms with E-state index in [1.807, 2.05) is 0 Å². The number of ether oxygens (including phenoxy) is 2. The van der Waals surface area contributed by atoms with Crippen molar-refractivity contribution in [2.24, 2.45) is 0 Å². The van der Waals surface area contributed by atoms with Crippen LogP contribution in [0.15, 0.2) is 24.3 Å². The Balaban J connectivity index is 1.99. The van der Waals surface area contributed by atoms with Crippen molar-refractivity contribution in [2.45, 2.75) is 43.5 Å². The van der Waals surface area contributed by atoms with Crippen LogP contribution in [0.5, 0.6) is 5.75 Å². The number of rotatable bonds is 6. The molecule has 0 spiro atoms. The normalized spacial score (nSPS) is 30.9. The topological polar surface area (TPSA) is 137 Å². The Morgan fingerprint density at radius 3 is 2.30 bits per heavy atom. The van der Waals surface area contributed by atoms with Crippen LogP contribution in [0.25, 0.3) is 0 Å². The largest absolute Gasteiger partial charge is 0.481 e. The van der Waals surface area contributed by atoms with Crippen molar-refractivity contribution >= 4 is 5.97 Å². The van der Waals surface area contributed by atoms with E-state index in [0.29, 0.717) is 12.2 Å². The number of benzene rings is 1. The maximum atomic E-state index is 10.5. The minimum atomic E-state index is -1.50. The summed E-state index contributed by atoms with van der Waals surface area (Å²) < 4.78 is 10.7. The van der Waals surface area contributed by atoms with Gasteiger partial charge >= 0.3 is 5.97 Å². The molecule has 1 fully saturated rings. The Hall–Kier alpha value is -1.71. The average molecular weight is 328 g/mol. The maximum Gasteiger partial charge on any atom is 0.303 e. The fourth-order valence-electron chi connectivity index (χ4n) is 2.28. The second kappa shape index (κ2) is 7.71. The average Bonchev–Trinajstić information content (AvgIpc) is 2.54. The quantitative estimate of drug-likeness (QED) is 0.443. The number of carboxylic acids is 1. The highest BCUT2D eigenvalue weighted by atomic mass is 16.7. The number of hydrogen-bond donors (Lipinski definition) is 5. The molecule has 0 bridgehead atoms. The molecular weight excluding hydrogens is 308 g/mol. The van der Waals surface area contributed by atoms with Gasteiger partial charge in [0.05, 0.1) is 6.61 Å². The molecule has 0 amide bonds. The molecule has 0 radical (unpaired) electrons. The number of hydrogen-bond acceptors (Lipinski definition) is 7. The van der Waals surface area contributed by atoms with Gasteiger partial charge in [-0.15, -0.1) is 0 Å². The van der Waals surface area contributed by atoms with E-state index in [4.69, 9.17) is 19.7 Å². The Bertz CT molecular complexity index is 515. The number of carboxylic acid groups (broad SMARTS) is 1. The summed E-state index contributed by atoms with van der Waals surface area (Å²) in [6, 6.07) is 6.53. The summed E-state index contributed by atoms with van der Waals surface area (Å²) in [5.41, 5.74) is 0.813. The van der Waals surface area contributed by atoms with Crippen molar-refractivity contribution in [3.05, 3.63) is 29.8 Å². The number of aliphatic hydroxyl groups is 4. The van der Waals surface area contributed by atoms with Crippen molar-refractivity contribution in [1.82, 2.24) is 0 Å². The molecule has 8 nitrogen and oxygen atoms in total. The van der Waals surface area contributed by atoms with E-state index in [9.17, 15) is 20.1 Å². The first-order chi connectivity index (χ1) is 10.9. The highest BCUT2D eigenvalue weighted by Gasteiger charge is 2.44. The third-order valence-electron chi connectivity index (χ3n) is 3.65. The van der Waals surface area contributed by atoms with Crippen LogP contribution in [0.3, 0.4) is 0 Å². The minimum absolute atomic E-state index is 0.0207. The molecule has 0 unspecified atom stereocenters. The smallest absolute Gasteiger partial charge is 0.303 e. The van der Waals surface area contributed by atoms with Gasteiger partial charge in [0.2, 0.25) is 6.29 Å². The van der Waals surface area contributed by atoms with Crippen molar-refractivity contribution in [3.63, 3.8) is 0 Å². The highest BCUT2D eigenvalue weighted by molar-refractivity contribution is 5.67. The second-order valence-electron chi connectivity index (χ2n) is 5.35. The fraction of sp³-hybridized carbons (Fsp3) is 0.533. The van der Waals surface area contributed by atoms with Gasteiger partial charge in [-0.05, 0) is 24.1 Å². The molecule has 0 aromatic heterocycles. The molecule has 1 aromatic rings. The third kappa shape index (κ3) is 4.40. The minimum Gasteiger partial charge on any atom is -0.481 e. The zero-order chi connectivity index (χ0) is 17.0. The Kier molecular flexibility index (Phi) is 5.91. The zero-order valence-corrected chi connectivity index (χ0v) is 12.3. The van der Waals surface area contributed by atoms with Crippen LogP contribution in [0.2, 0.25) is 0 Å². The van der Waals surface area contributed by atoms with Crippen LogP contribution in [0.4, 0.5) is 0 Å². The number of aryl methyl sites for hydroxylation is 1. The Morgan fingerprint density at radius 1 is 1.09 bits per heavy atom. The first-order valence-electron chi connectivity index (χ1n) is 7.20. The lowest BCUT2D eigenvalue weighted by Gasteiger charge is -2.39. The highest BCUT2D eigenvalue weighted by Crippen LogP contribution is 2.24. The lowest BCUT2D eigenvalue weighted by Crippen LogP contribution is -2.60. The lowest BCUT2D eigenvalue weighted by molar-refractivity contribution is -0.277. The predicted octanol–water partition coefficient (Wildman–Crippen LogP) is -1.12. The first-order valence-corrected chi connectivity index (χ1v) is 7.20. The SMILES string of the molecule is O=C(O)CCc1ccc(O[C@@H]2O[C@H](CO)[C@H](O)[C@H](O)[C@H]2O)cc1. The van der Waals surface area contributed by atoms with Gasteiger partial charge in [0.1, 0.15) is 30.2 Å². The molecule has 1 heterocycles. The number of aliphatic hydroxyl groups excluding tert-OH is 4. The number of aliphatic carboxylic acids is 1. The van der Waals surface area contributed by atoms with Crippen LogP contribution in [0.1, 0.15) is 12.0 Å². The second-order valence-corrected chi connectivity index (χ2v) is 5.35. The van der Waals surface area contributed by atoms with E-state index in [0.717, 1.165) is 5.56 Å². The molecule has 1 saturated heterocycles. The summed E-state index contributed by atoms with van der Waals surface area (Å²) in [7, 11) is 0. The standard InChI is InChI=1S/C15H20O8/c16-7-10-12(19)13(20)14(21)15(23-10)22-9-4-1-8(2-5-9)3-6-11(17)18/h1-2,4-5,10,12-16,19-21H,3,6-7H2,(H,17,18)/t10-,12+,13+,14-,15-/m1/s1. The summed E-state index contributed by atoms with van der Waals surface area (Å²) in [4.78, 5) is 10.5. The van der Waals surface area contributed by atoms with E-state index in [1.54, 1.807) is 24.3 Å². The fourth-order valence-corrected chi connectivity index (χ4v) is 2.28. The van der Waals surface area contributed by atoms with E-state index in [2.05, 4.69) is 0 Å². The molecule has 0 aliphatic carbocycles. The molecule has 1 aliphatic rings. The molecule has 2 rings (SSSR count). The van der Waals surface area contributed by atoms with E-state index in [-0.39, 0.29) is 6.42 Å². The monoisotopic (exact) mass is 328 g/mol. The summed E-state index contributed by atoms with van der Waals surface area (Å²) in [6.45, 7) is -0.529. The molecule has 23 heavy (non-hydrogen) atoms. The van der Waals surface area contributed by atoms with Gasteiger partial charge in [-0.1, -0.05) is 12.1 Å². The van der Waals surface area contributed by atoms with Crippen molar-refractivity contribution < 1.29 is 39.8 Å². The molecule has 0 saturated carbocycles. The maximum absolute atomic E-state index is 10.5. The molecule has 8 heteroatoms. The van der Waals surface area contributed by atoms with Crippen LogP contribution < -0.4 is 4.74 Å². The lowest BCUT2D eigenvalue weighted by atomic mass is 9.99. The third-order valence-corrected chi connectivity index (χ3v) is 3.65. The molecule has 128 valence electrons. The van der Waals surface area contributed by atoms with Crippen molar-refractivity contribution in [2.75, 3.05) is 6.61 Å². The van der Waals surface area contributed by atoms with Gasteiger partial charge in [0.25, 0.3) is 0 Å². The van der Waals surface area contributed by atoms with Gasteiger partial charge in [0, 0.05) is 6.42 Å².